The average Bonchev–Trinajstić information content (AvgIpc) is 3.12. The van der Waals surface area contributed by atoms with Crippen LogP contribution in [0.15, 0.2) is 30.6 Å². The summed E-state index contributed by atoms with van der Waals surface area (Å²) in [6.07, 6.45) is 5.09. The molecule has 1 amide bonds. The quantitative estimate of drug-likeness (QED) is 0.870. The third kappa shape index (κ3) is 2.68. The molecule has 4 rings (SSSR count). The highest BCUT2D eigenvalue weighted by Crippen LogP contribution is 2.42. The predicted molar refractivity (Wildman–Crippen MR) is 90.6 cm³/mol. The largest absolute Gasteiger partial charge is 0.341 e. The van der Waals surface area contributed by atoms with Gasteiger partial charge in [-0.3, -0.25) is 9.78 Å². The number of aromatic nitrogens is 3. The van der Waals surface area contributed by atoms with Crippen molar-refractivity contribution < 1.29 is 4.79 Å². The van der Waals surface area contributed by atoms with Crippen LogP contribution in [0.4, 0.5) is 0 Å². The summed E-state index contributed by atoms with van der Waals surface area (Å²) in [5.41, 5.74) is 3.28. The monoisotopic (exact) mass is 322 g/mol. The molecule has 3 heterocycles. The molecule has 0 N–H and O–H groups in total. The maximum absolute atomic E-state index is 12.6. The molecule has 0 unspecified atom stereocenters. The lowest BCUT2D eigenvalue weighted by molar-refractivity contribution is -0.129. The summed E-state index contributed by atoms with van der Waals surface area (Å²) >= 11 is 0. The molecule has 1 aliphatic carbocycles. The number of nitrogens with zero attached hydrogens (tertiary/aromatic N) is 4. The molecular weight excluding hydrogens is 300 g/mol. The van der Waals surface area contributed by atoms with Crippen molar-refractivity contribution in [2.45, 2.75) is 38.5 Å². The van der Waals surface area contributed by atoms with Gasteiger partial charge in [-0.25, -0.2) is 9.97 Å². The Morgan fingerprint density at radius 1 is 1.29 bits per heavy atom. The van der Waals surface area contributed by atoms with Crippen LogP contribution >= 0.6 is 0 Å². The van der Waals surface area contributed by atoms with Crippen LogP contribution in [0.25, 0.3) is 0 Å². The molecule has 5 nitrogen and oxygen atoms in total. The summed E-state index contributed by atoms with van der Waals surface area (Å²) < 4.78 is 0. The van der Waals surface area contributed by atoms with Gasteiger partial charge < -0.3 is 4.90 Å². The van der Waals surface area contributed by atoms with Gasteiger partial charge in [0.15, 0.2) is 0 Å². The topological polar surface area (TPSA) is 59.0 Å². The van der Waals surface area contributed by atoms with E-state index < -0.39 is 0 Å². The number of likely N-dealkylation sites (tertiary alicyclic amines) is 1. The van der Waals surface area contributed by atoms with Gasteiger partial charge in [0.1, 0.15) is 5.82 Å². The first kappa shape index (κ1) is 15.2. The SMILES string of the molecule is CC(C)c1ncc2c(n1)C[C@@H]1CN(C(=O)Cc3ccccn3)C[C@@H]21. The van der Waals surface area contributed by atoms with E-state index in [0.29, 0.717) is 24.2 Å². The molecule has 1 aliphatic heterocycles. The van der Waals surface area contributed by atoms with Crippen LogP contribution in [0.1, 0.15) is 48.5 Å². The Balaban J connectivity index is 1.47. The van der Waals surface area contributed by atoms with E-state index >= 15 is 0 Å². The van der Waals surface area contributed by atoms with E-state index in [4.69, 9.17) is 4.98 Å². The van der Waals surface area contributed by atoms with Crippen LogP contribution < -0.4 is 0 Å². The van der Waals surface area contributed by atoms with Gasteiger partial charge in [-0.15, -0.1) is 0 Å². The molecule has 0 radical (unpaired) electrons. The second kappa shape index (κ2) is 5.96. The van der Waals surface area contributed by atoms with Crippen molar-refractivity contribution in [1.82, 2.24) is 19.9 Å². The van der Waals surface area contributed by atoms with E-state index in [1.54, 1.807) is 6.20 Å². The summed E-state index contributed by atoms with van der Waals surface area (Å²) in [7, 11) is 0. The number of carbonyl (C=O) groups excluding carboxylic acids is 1. The number of hydrogen-bond acceptors (Lipinski definition) is 4. The maximum Gasteiger partial charge on any atom is 0.228 e. The van der Waals surface area contributed by atoms with Crippen molar-refractivity contribution in [2.24, 2.45) is 5.92 Å². The van der Waals surface area contributed by atoms with Crippen molar-refractivity contribution >= 4 is 5.91 Å². The molecule has 0 bridgehead atoms. The molecule has 124 valence electrons. The van der Waals surface area contributed by atoms with Crippen LogP contribution in [0.3, 0.4) is 0 Å². The summed E-state index contributed by atoms with van der Waals surface area (Å²) in [4.78, 5) is 28.1. The maximum atomic E-state index is 12.6. The third-order valence-corrected chi connectivity index (χ3v) is 5.14. The van der Waals surface area contributed by atoms with E-state index in [1.807, 2.05) is 29.3 Å². The molecule has 1 saturated heterocycles. The predicted octanol–water partition coefficient (Wildman–Crippen LogP) is 2.34. The van der Waals surface area contributed by atoms with Crippen molar-refractivity contribution in [3.05, 3.63) is 53.4 Å². The van der Waals surface area contributed by atoms with Crippen molar-refractivity contribution in [2.75, 3.05) is 13.1 Å². The summed E-state index contributed by atoms with van der Waals surface area (Å²) in [6.45, 7) is 5.85. The van der Waals surface area contributed by atoms with Crippen LogP contribution in [-0.4, -0.2) is 38.8 Å². The van der Waals surface area contributed by atoms with Crippen LogP contribution in [-0.2, 0) is 17.6 Å². The Morgan fingerprint density at radius 3 is 2.92 bits per heavy atom. The number of hydrogen-bond donors (Lipinski definition) is 0. The fraction of sp³-hybridized carbons (Fsp3) is 0.474. The smallest absolute Gasteiger partial charge is 0.228 e. The van der Waals surface area contributed by atoms with Gasteiger partial charge in [0, 0.05) is 48.7 Å². The van der Waals surface area contributed by atoms with Crippen molar-refractivity contribution in [3.63, 3.8) is 0 Å². The lowest BCUT2D eigenvalue weighted by Gasteiger charge is -2.17. The number of rotatable bonds is 3. The molecule has 1 fully saturated rings. The Bertz CT molecular complexity index is 759. The van der Waals surface area contributed by atoms with Gasteiger partial charge in [-0.2, -0.15) is 0 Å². The Labute approximate surface area is 142 Å². The molecule has 2 aromatic rings. The summed E-state index contributed by atoms with van der Waals surface area (Å²) in [6, 6.07) is 5.70. The lowest BCUT2D eigenvalue weighted by atomic mass is 9.97. The van der Waals surface area contributed by atoms with Gasteiger partial charge in [-0.1, -0.05) is 19.9 Å². The molecule has 2 aliphatic rings. The van der Waals surface area contributed by atoms with Crippen LogP contribution in [0, 0.1) is 5.92 Å². The average molecular weight is 322 g/mol. The normalized spacial score (nSPS) is 21.9. The number of fused-ring (bicyclic) bond motifs is 3. The lowest BCUT2D eigenvalue weighted by Crippen LogP contribution is -2.31. The minimum Gasteiger partial charge on any atom is -0.341 e. The fourth-order valence-corrected chi connectivity index (χ4v) is 3.85. The molecule has 2 aromatic heterocycles. The van der Waals surface area contributed by atoms with E-state index in [0.717, 1.165) is 31.0 Å². The molecular formula is C19H22N4O. The number of carbonyl (C=O) groups is 1. The van der Waals surface area contributed by atoms with E-state index in [1.165, 1.54) is 11.3 Å². The minimum atomic E-state index is 0.171. The number of amides is 1. The molecule has 0 spiro atoms. The zero-order valence-electron chi connectivity index (χ0n) is 14.1. The van der Waals surface area contributed by atoms with Gasteiger partial charge in [-0.05, 0) is 30.0 Å². The van der Waals surface area contributed by atoms with Crippen LogP contribution in [0.5, 0.6) is 0 Å². The summed E-state index contributed by atoms with van der Waals surface area (Å²) in [5, 5.41) is 0. The van der Waals surface area contributed by atoms with Gasteiger partial charge in [0.2, 0.25) is 5.91 Å². The highest BCUT2D eigenvalue weighted by molar-refractivity contribution is 5.79. The zero-order valence-corrected chi connectivity index (χ0v) is 14.1. The van der Waals surface area contributed by atoms with Crippen molar-refractivity contribution in [1.29, 1.82) is 0 Å². The second-order valence-corrected chi connectivity index (χ2v) is 7.15. The summed E-state index contributed by atoms with van der Waals surface area (Å²) in [5.74, 6) is 2.34. The first-order valence-corrected chi connectivity index (χ1v) is 8.65. The van der Waals surface area contributed by atoms with Gasteiger partial charge in [0.05, 0.1) is 6.42 Å². The standard InChI is InChI=1S/C19H22N4O/c1-12(2)19-21-9-15-16-11-23(10-13(16)7-17(15)22-19)18(24)8-14-5-3-4-6-20-14/h3-6,9,12-13,16H,7-8,10-11H2,1-2H3/t13-,16-/m1/s1. The van der Waals surface area contributed by atoms with Gasteiger partial charge in [0.25, 0.3) is 0 Å². The molecule has 5 heteroatoms. The third-order valence-electron chi connectivity index (χ3n) is 5.14. The van der Waals surface area contributed by atoms with Crippen molar-refractivity contribution in [3.8, 4) is 0 Å². The zero-order chi connectivity index (χ0) is 16.7. The first-order chi connectivity index (χ1) is 11.6. The molecule has 2 atom stereocenters. The Morgan fingerprint density at radius 2 is 2.17 bits per heavy atom. The van der Waals surface area contributed by atoms with Crippen LogP contribution in [0.2, 0.25) is 0 Å². The molecule has 0 saturated carbocycles. The van der Waals surface area contributed by atoms with Gasteiger partial charge >= 0.3 is 0 Å². The fourth-order valence-electron chi connectivity index (χ4n) is 3.85. The second-order valence-electron chi connectivity index (χ2n) is 7.15. The minimum absolute atomic E-state index is 0.171. The first-order valence-electron chi connectivity index (χ1n) is 8.65. The Hall–Kier alpha value is -2.30. The Kier molecular flexibility index (Phi) is 3.79. The van der Waals surface area contributed by atoms with E-state index in [-0.39, 0.29) is 5.91 Å². The number of pyridine rings is 1. The molecule has 0 aromatic carbocycles. The highest BCUT2D eigenvalue weighted by atomic mass is 16.2. The van der Waals surface area contributed by atoms with E-state index in [9.17, 15) is 4.79 Å². The highest BCUT2D eigenvalue weighted by Gasteiger charge is 2.42. The molecule has 24 heavy (non-hydrogen) atoms. The van der Waals surface area contributed by atoms with E-state index in [2.05, 4.69) is 23.8 Å².